The van der Waals surface area contributed by atoms with Crippen LogP contribution in [0.2, 0.25) is 0 Å². The van der Waals surface area contributed by atoms with Crippen molar-refractivity contribution < 1.29 is 0 Å². The predicted octanol–water partition coefficient (Wildman–Crippen LogP) is 2.86. The minimum Gasteiger partial charge on any atom is -0.354 e. The number of hydrogen-bond acceptors (Lipinski definition) is 2. The largest absolute Gasteiger partial charge is 0.354 e. The zero-order valence-electron chi connectivity index (χ0n) is 12.6. The molecule has 1 aromatic heterocycles. The third kappa shape index (κ3) is 4.66. The van der Waals surface area contributed by atoms with Crippen molar-refractivity contribution in [1.82, 2.24) is 14.8 Å². The highest BCUT2D eigenvalue weighted by Crippen LogP contribution is 2.11. The topological polar surface area (TPSA) is 20.2 Å². The summed E-state index contributed by atoms with van der Waals surface area (Å²) >= 11 is 0. The number of likely N-dealkylation sites (tertiary alicyclic amines) is 1. The summed E-state index contributed by atoms with van der Waals surface area (Å²) in [5.41, 5.74) is 1.40. The molecule has 1 unspecified atom stereocenters. The van der Waals surface area contributed by atoms with Crippen LogP contribution >= 0.6 is 0 Å². The van der Waals surface area contributed by atoms with E-state index in [2.05, 4.69) is 47.1 Å². The highest BCUT2D eigenvalue weighted by molar-refractivity contribution is 5.09. The first-order valence-corrected chi connectivity index (χ1v) is 7.89. The summed E-state index contributed by atoms with van der Waals surface area (Å²) in [5.74, 6) is 0. The third-order valence-electron chi connectivity index (χ3n) is 4.08. The highest BCUT2D eigenvalue weighted by atomic mass is 15.2. The van der Waals surface area contributed by atoms with Crippen molar-refractivity contribution >= 4 is 0 Å². The number of piperidine rings is 1. The molecule has 19 heavy (non-hydrogen) atoms. The van der Waals surface area contributed by atoms with Crippen LogP contribution in [0.15, 0.2) is 18.5 Å². The van der Waals surface area contributed by atoms with Crippen LogP contribution < -0.4 is 5.32 Å². The molecule has 0 saturated carbocycles. The Hall–Kier alpha value is -0.800. The molecule has 3 nitrogen and oxygen atoms in total. The predicted molar refractivity (Wildman–Crippen MR) is 81.3 cm³/mol. The van der Waals surface area contributed by atoms with Gasteiger partial charge in [-0.05, 0) is 50.9 Å². The molecule has 0 amide bonds. The van der Waals surface area contributed by atoms with Crippen molar-refractivity contribution in [2.45, 2.75) is 58.7 Å². The summed E-state index contributed by atoms with van der Waals surface area (Å²) in [6, 6.07) is 2.90. The van der Waals surface area contributed by atoms with Gasteiger partial charge in [-0.3, -0.25) is 4.90 Å². The summed E-state index contributed by atoms with van der Waals surface area (Å²) in [5, 5.41) is 3.60. The van der Waals surface area contributed by atoms with Gasteiger partial charge in [-0.1, -0.05) is 13.3 Å². The fourth-order valence-electron chi connectivity index (χ4n) is 2.91. The molecule has 2 rings (SSSR count). The van der Waals surface area contributed by atoms with E-state index < -0.39 is 0 Å². The SMILES string of the molecule is CCCn1ccc(CNCC(C)N2CCCCC2)c1. The fourth-order valence-corrected chi connectivity index (χ4v) is 2.91. The van der Waals surface area contributed by atoms with Gasteiger partial charge in [0.15, 0.2) is 0 Å². The van der Waals surface area contributed by atoms with Crippen LogP contribution in [0, 0.1) is 0 Å². The average molecular weight is 263 g/mol. The Labute approximate surface area is 118 Å². The Morgan fingerprint density at radius 1 is 1.26 bits per heavy atom. The van der Waals surface area contributed by atoms with Crippen LogP contribution in [-0.4, -0.2) is 35.1 Å². The molecule has 0 radical (unpaired) electrons. The van der Waals surface area contributed by atoms with Crippen molar-refractivity contribution in [3.63, 3.8) is 0 Å². The second-order valence-electron chi connectivity index (χ2n) is 5.83. The molecule has 1 aliphatic rings. The van der Waals surface area contributed by atoms with Crippen LogP contribution in [0.1, 0.15) is 45.1 Å². The summed E-state index contributed by atoms with van der Waals surface area (Å²) in [6.45, 7) is 10.4. The smallest absolute Gasteiger partial charge is 0.0221 e. The van der Waals surface area contributed by atoms with Gasteiger partial charge >= 0.3 is 0 Å². The second-order valence-corrected chi connectivity index (χ2v) is 5.83. The van der Waals surface area contributed by atoms with Gasteiger partial charge < -0.3 is 9.88 Å². The van der Waals surface area contributed by atoms with Gasteiger partial charge in [-0.15, -0.1) is 0 Å². The van der Waals surface area contributed by atoms with E-state index in [9.17, 15) is 0 Å². The highest BCUT2D eigenvalue weighted by Gasteiger charge is 2.15. The van der Waals surface area contributed by atoms with E-state index in [0.717, 1.165) is 19.6 Å². The lowest BCUT2D eigenvalue weighted by Crippen LogP contribution is -2.42. The molecule has 0 aliphatic carbocycles. The third-order valence-corrected chi connectivity index (χ3v) is 4.08. The lowest BCUT2D eigenvalue weighted by molar-refractivity contribution is 0.170. The maximum atomic E-state index is 3.60. The Balaban J connectivity index is 1.67. The Kier molecular flexibility index (Phi) is 5.93. The van der Waals surface area contributed by atoms with E-state index in [1.807, 2.05) is 0 Å². The lowest BCUT2D eigenvalue weighted by Gasteiger charge is -2.32. The number of aryl methyl sites for hydroxylation is 1. The normalized spacial score (nSPS) is 18.6. The molecule has 1 saturated heterocycles. The summed E-state index contributed by atoms with van der Waals surface area (Å²) < 4.78 is 2.28. The number of rotatable bonds is 7. The van der Waals surface area contributed by atoms with E-state index >= 15 is 0 Å². The first-order valence-electron chi connectivity index (χ1n) is 7.89. The first kappa shape index (κ1) is 14.6. The minimum absolute atomic E-state index is 0.665. The van der Waals surface area contributed by atoms with Crippen LogP contribution in [0.3, 0.4) is 0 Å². The summed E-state index contributed by atoms with van der Waals surface area (Å²) in [6.07, 6.45) is 9.83. The van der Waals surface area contributed by atoms with Crippen molar-refractivity contribution in [2.24, 2.45) is 0 Å². The van der Waals surface area contributed by atoms with Gasteiger partial charge in [0, 0.05) is 38.1 Å². The van der Waals surface area contributed by atoms with Crippen molar-refractivity contribution in [3.05, 3.63) is 24.0 Å². The van der Waals surface area contributed by atoms with Gasteiger partial charge in [-0.25, -0.2) is 0 Å². The van der Waals surface area contributed by atoms with E-state index in [1.165, 1.54) is 44.3 Å². The molecule has 1 fully saturated rings. The quantitative estimate of drug-likeness (QED) is 0.816. The molecule has 3 heteroatoms. The minimum atomic E-state index is 0.665. The molecule has 0 aromatic carbocycles. The standard InChI is InChI=1S/C16H29N3/c1-3-8-18-11-7-16(14-18)13-17-12-15(2)19-9-5-4-6-10-19/h7,11,14-15,17H,3-6,8-10,12-13H2,1-2H3. The van der Waals surface area contributed by atoms with Crippen molar-refractivity contribution in [2.75, 3.05) is 19.6 Å². The maximum Gasteiger partial charge on any atom is 0.0221 e. The Bertz CT molecular complexity index is 353. The van der Waals surface area contributed by atoms with Gasteiger partial charge in [0.05, 0.1) is 0 Å². The number of nitrogens with zero attached hydrogens (tertiary/aromatic N) is 2. The van der Waals surface area contributed by atoms with Gasteiger partial charge in [0.1, 0.15) is 0 Å². The molecule has 1 aromatic rings. The first-order chi connectivity index (χ1) is 9.29. The zero-order valence-corrected chi connectivity index (χ0v) is 12.6. The number of aromatic nitrogens is 1. The zero-order chi connectivity index (χ0) is 13.5. The van der Waals surface area contributed by atoms with Gasteiger partial charge in [-0.2, -0.15) is 0 Å². The average Bonchev–Trinajstić information content (AvgIpc) is 2.88. The van der Waals surface area contributed by atoms with E-state index in [0.29, 0.717) is 6.04 Å². The number of hydrogen-bond donors (Lipinski definition) is 1. The van der Waals surface area contributed by atoms with Crippen LogP contribution in [0.5, 0.6) is 0 Å². The fraction of sp³-hybridized carbons (Fsp3) is 0.750. The van der Waals surface area contributed by atoms with E-state index in [1.54, 1.807) is 0 Å². The second kappa shape index (κ2) is 7.71. The summed E-state index contributed by atoms with van der Waals surface area (Å²) in [4.78, 5) is 2.62. The Morgan fingerprint density at radius 2 is 2.05 bits per heavy atom. The molecule has 1 N–H and O–H groups in total. The van der Waals surface area contributed by atoms with E-state index in [-0.39, 0.29) is 0 Å². The van der Waals surface area contributed by atoms with Crippen LogP contribution in [-0.2, 0) is 13.1 Å². The van der Waals surface area contributed by atoms with Crippen LogP contribution in [0.4, 0.5) is 0 Å². The summed E-state index contributed by atoms with van der Waals surface area (Å²) in [7, 11) is 0. The van der Waals surface area contributed by atoms with Gasteiger partial charge in [0.2, 0.25) is 0 Å². The Morgan fingerprint density at radius 3 is 2.79 bits per heavy atom. The molecule has 0 bridgehead atoms. The lowest BCUT2D eigenvalue weighted by atomic mass is 10.1. The van der Waals surface area contributed by atoms with Crippen molar-refractivity contribution in [3.8, 4) is 0 Å². The van der Waals surface area contributed by atoms with Gasteiger partial charge in [0.25, 0.3) is 0 Å². The molecule has 1 aliphatic heterocycles. The molecular weight excluding hydrogens is 234 g/mol. The monoisotopic (exact) mass is 263 g/mol. The molecule has 0 spiro atoms. The molecule has 1 atom stereocenters. The van der Waals surface area contributed by atoms with Crippen molar-refractivity contribution in [1.29, 1.82) is 0 Å². The van der Waals surface area contributed by atoms with Crippen LogP contribution in [0.25, 0.3) is 0 Å². The van der Waals surface area contributed by atoms with E-state index in [4.69, 9.17) is 0 Å². The molecule has 108 valence electrons. The maximum absolute atomic E-state index is 3.60. The number of nitrogens with one attached hydrogen (secondary N) is 1. The molecule has 2 heterocycles. The molecular formula is C16H29N3.